The zero-order valence-electron chi connectivity index (χ0n) is 3.47. The fourth-order valence-electron chi connectivity index (χ4n) is 0.124. The summed E-state index contributed by atoms with van der Waals surface area (Å²) in [6.45, 7) is 0. The summed E-state index contributed by atoms with van der Waals surface area (Å²) in [5.41, 5.74) is 1.24. The normalized spacial score (nSPS) is 11.1. The summed E-state index contributed by atoms with van der Waals surface area (Å²) in [4.78, 5) is 0. The summed E-state index contributed by atoms with van der Waals surface area (Å²) in [5.74, 6) is 0. The molecule has 0 saturated heterocycles. The Bertz CT molecular complexity index is 97.5. The Balaban J connectivity index is 3.89. The van der Waals surface area contributed by atoms with Gasteiger partial charge in [0.2, 0.25) is 0 Å². The molecule has 0 bridgehead atoms. The van der Waals surface area contributed by atoms with Gasteiger partial charge in [-0.3, -0.25) is 0 Å². The first-order valence-electron chi connectivity index (χ1n) is 1.52. The maximum atomic E-state index is 5.35. The van der Waals surface area contributed by atoms with Crippen LogP contribution in [0.15, 0.2) is 10.2 Å². The highest BCUT2D eigenvalue weighted by Gasteiger charge is 2.21. The molecule has 0 aliphatic carbocycles. The molecule has 0 spiro atoms. The third-order valence-corrected chi connectivity index (χ3v) is 2.45. The molecule has 0 fully saturated rings. The summed E-state index contributed by atoms with van der Waals surface area (Å²) in [7, 11) is 0. The highest BCUT2D eigenvalue weighted by atomic mass is 35.8. The molecule has 8 heavy (non-hydrogen) atoms. The standard InChI is InChI=1S/C2HCl5Si/c3-2(4)1-8(5,6)7/h1H. The molecule has 0 radical (unpaired) electrons. The quantitative estimate of drug-likeness (QED) is 0.478. The minimum absolute atomic E-state index is 0.0108. The van der Waals surface area contributed by atoms with Crippen LogP contribution in [0.2, 0.25) is 0 Å². The van der Waals surface area contributed by atoms with E-state index in [2.05, 4.69) is 0 Å². The van der Waals surface area contributed by atoms with Crippen molar-refractivity contribution < 1.29 is 0 Å². The highest BCUT2D eigenvalue weighted by molar-refractivity contribution is 7.66. The topological polar surface area (TPSA) is 0 Å². The van der Waals surface area contributed by atoms with Gasteiger partial charge >= 0.3 is 6.00 Å². The van der Waals surface area contributed by atoms with Crippen LogP contribution in [0.4, 0.5) is 0 Å². The molecule has 0 aromatic heterocycles. The maximum Gasteiger partial charge on any atom is 0.368 e. The van der Waals surface area contributed by atoms with Gasteiger partial charge in [-0.15, -0.1) is 33.2 Å². The molecule has 0 aliphatic heterocycles. The lowest BCUT2D eigenvalue weighted by Gasteiger charge is -1.96. The predicted octanol–water partition coefficient (Wildman–Crippen LogP) is 3.50. The molecule has 0 saturated carbocycles. The van der Waals surface area contributed by atoms with Crippen LogP contribution < -0.4 is 0 Å². The van der Waals surface area contributed by atoms with Crippen molar-refractivity contribution in [2.45, 2.75) is 0 Å². The molecule has 48 valence electrons. The summed E-state index contributed by atoms with van der Waals surface area (Å²) in [6, 6.07) is -2.73. The predicted molar refractivity (Wildman–Crippen MR) is 43.1 cm³/mol. The molecule has 0 rings (SSSR count). The minimum Gasteiger partial charge on any atom is -0.121 e. The van der Waals surface area contributed by atoms with Crippen LogP contribution in [0.25, 0.3) is 0 Å². The minimum atomic E-state index is -2.73. The van der Waals surface area contributed by atoms with Gasteiger partial charge in [0.15, 0.2) is 0 Å². The van der Waals surface area contributed by atoms with Crippen molar-refractivity contribution in [3.8, 4) is 0 Å². The monoisotopic (exact) mass is 228 g/mol. The Morgan fingerprint density at radius 3 is 1.50 bits per heavy atom. The van der Waals surface area contributed by atoms with Crippen molar-refractivity contribution in [1.82, 2.24) is 0 Å². The lowest BCUT2D eigenvalue weighted by atomic mass is 11.2. The average molecular weight is 230 g/mol. The second-order valence-corrected chi connectivity index (χ2v) is 10.5. The third-order valence-electron chi connectivity index (χ3n) is 0.273. The molecule has 6 heteroatoms. The zero-order valence-corrected chi connectivity index (χ0v) is 8.25. The molecule has 0 aliphatic rings. The van der Waals surface area contributed by atoms with Gasteiger partial charge in [-0.1, -0.05) is 23.2 Å². The average Bonchev–Trinajstić information content (AvgIpc) is 1.21. The Hall–Kier alpha value is 1.41. The van der Waals surface area contributed by atoms with Crippen molar-refractivity contribution in [3.63, 3.8) is 0 Å². The van der Waals surface area contributed by atoms with E-state index < -0.39 is 6.00 Å². The van der Waals surface area contributed by atoms with Crippen LogP contribution in [0.1, 0.15) is 0 Å². The molecule has 0 unspecified atom stereocenters. The van der Waals surface area contributed by atoms with Gasteiger partial charge in [0.1, 0.15) is 4.49 Å². The zero-order chi connectivity index (χ0) is 6.78. The van der Waals surface area contributed by atoms with Gasteiger partial charge in [-0.25, -0.2) is 0 Å². The molecule has 0 atom stereocenters. The molecule has 0 heterocycles. The maximum absolute atomic E-state index is 5.35. The summed E-state index contributed by atoms with van der Waals surface area (Å²) in [5, 5.41) is 0. The molecular weight excluding hydrogens is 229 g/mol. The second-order valence-electron chi connectivity index (χ2n) is 0.976. The van der Waals surface area contributed by atoms with Gasteiger partial charge in [0, 0.05) is 0 Å². The van der Waals surface area contributed by atoms with Crippen LogP contribution >= 0.6 is 56.4 Å². The first-order chi connectivity index (χ1) is 3.42. The van der Waals surface area contributed by atoms with E-state index in [1.165, 1.54) is 5.70 Å². The van der Waals surface area contributed by atoms with Crippen molar-refractivity contribution in [2.24, 2.45) is 0 Å². The van der Waals surface area contributed by atoms with Crippen molar-refractivity contribution in [1.29, 1.82) is 0 Å². The lowest BCUT2D eigenvalue weighted by Crippen LogP contribution is -2.03. The number of hydrogen-bond donors (Lipinski definition) is 0. The van der Waals surface area contributed by atoms with Crippen LogP contribution in [0, 0.1) is 0 Å². The van der Waals surface area contributed by atoms with Crippen LogP contribution in [-0.4, -0.2) is 6.00 Å². The van der Waals surface area contributed by atoms with Gasteiger partial charge in [-0.2, -0.15) is 0 Å². The largest absolute Gasteiger partial charge is 0.368 e. The SMILES string of the molecule is ClC(Cl)=C[Si](Cl)(Cl)Cl. The second kappa shape index (κ2) is 3.54. The Labute approximate surface area is 72.4 Å². The first kappa shape index (κ1) is 9.41. The van der Waals surface area contributed by atoms with E-state index in [0.29, 0.717) is 0 Å². The van der Waals surface area contributed by atoms with E-state index in [4.69, 9.17) is 56.4 Å². The first-order valence-corrected chi connectivity index (χ1v) is 7.39. The summed E-state index contributed by atoms with van der Waals surface area (Å²) >= 11 is 26.4. The summed E-state index contributed by atoms with van der Waals surface area (Å²) < 4.78 is 0.0108. The number of halogens is 5. The number of rotatable bonds is 1. The van der Waals surface area contributed by atoms with E-state index >= 15 is 0 Å². The van der Waals surface area contributed by atoms with E-state index in [-0.39, 0.29) is 4.49 Å². The lowest BCUT2D eigenvalue weighted by molar-refractivity contribution is 2.32. The number of hydrogen-bond acceptors (Lipinski definition) is 0. The smallest absolute Gasteiger partial charge is 0.121 e. The Morgan fingerprint density at radius 1 is 1.12 bits per heavy atom. The molecule has 0 aromatic rings. The van der Waals surface area contributed by atoms with Gasteiger partial charge in [-0.05, 0) is 5.70 Å². The van der Waals surface area contributed by atoms with Crippen molar-refractivity contribution >= 4 is 62.4 Å². The van der Waals surface area contributed by atoms with Crippen LogP contribution in [0.5, 0.6) is 0 Å². The van der Waals surface area contributed by atoms with Crippen molar-refractivity contribution in [3.05, 3.63) is 10.2 Å². The molecule has 0 N–H and O–H groups in total. The molecular formula is C2HCl5Si. The highest BCUT2D eigenvalue weighted by Crippen LogP contribution is 2.24. The van der Waals surface area contributed by atoms with E-state index in [0.717, 1.165) is 0 Å². The molecule has 0 aromatic carbocycles. The van der Waals surface area contributed by atoms with Crippen LogP contribution in [0.3, 0.4) is 0 Å². The van der Waals surface area contributed by atoms with Crippen molar-refractivity contribution in [2.75, 3.05) is 0 Å². The van der Waals surface area contributed by atoms with Gasteiger partial charge < -0.3 is 0 Å². The van der Waals surface area contributed by atoms with Gasteiger partial charge in [0.25, 0.3) is 0 Å². The van der Waals surface area contributed by atoms with Gasteiger partial charge in [0.05, 0.1) is 0 Å². The Kier molecular flexibility index (Phi) is 4.17. The molecule has 0 nitrogen and oxygen atoms in total. The third kappa shape index (κ3) is 7.41. The fraction of sp³-hybridized carbons (Fsp3) is 0. The molecule has 0 amide bonds. The van der Waals surface area contributed by atoms with E-state index in [1.54, 1.807) is 0 Å². The van der Waals surface area contributed by atoms with Crippen LogP contribution in [-0.2, 0) is 0 Å². The Morgan fingerprint density at radius 2 is 1.50 bits per heavy atom. The fourth-order valence-corrected chi connectivity index (χ4v) is 3.34. The van der Waals surface area contributed by atoms with E-state index in [1.807, 2.05) is 0 Å². The van der Waals surface area contributed by atoms with E-state index in [9.17, 15) is 0 Å². The summed E-state index contributed by atoms with van der Waals surface area (Å²) in [6.07, 6.45) is 0.